The Bertz CT molecular complexity index is 1130. The van der Waals surface area contributed by atoms with Crippen LogP contribution in [0.5, 0.6) is 0 Å². The normalized spacial score (nSPS) is 40.1. The van der Waals surface area contributed by atoms with Crippen molar-refractivity contribution >= 4 is 33.8 Å². The largest absolute Gasteiger partial charge is 0.385 e. The number of methoxy groups -OCH3 is 1. The van der Waals surface area contributed by atoms with Crippen LogP contribution in [0.1, 0.15) is 105 Å². The quantitative estimate of drug-likeness (QED) is 0.164. The number of carbonyl (C=O) groups excluding carboxylic acids is 2. The molecule has 1 unspecified atom stereocenters. The third-order valence-electron chi connectivity index (χ3n) is 12.1. The Labute approximate surface area is 275 Å². The second-order valence-corrected chi connectivity index (χ2v) is 17.2. The third kappa shape index (κ3) is 7.48. The molecule has 0 N–H and O–H groups in total. The predicted octanol–water partition coefficient (Wildman–Crippen LogP) is 8.92. The monoisotopic (exact) mass is 644 g/mol. The standard InChI is InChI=1S/C37H56O5S2/c1-24(10-8-7-9-21-40-6)30-13-14-31-29-12-11-27-22-28(17-19-36(27,4)32(29)18-20-37(30,31)5)41-35-16-15-34(44-26(3)39)33(42-35)23-43-25(2)38/h10-11,15-16,28-35H,7-9,12-14,17-23H2,1-6H3/b24-10+/t28-,29-,30+,31-,32-,33+,34+,35?,36-,37+/m0/s1. The van der Waals surface area contributed by atoms with E-state index in [0.29, 0.717) is 11.2 Å². The second kappa shape index (κ2) is 14.9. The van der Waals surface area contributed by atoms with Crippen LogP contribution >= 0.6 is 23.5 Å². The Balaban J connectivity index is 1.21. The van der Waals surface area contributed by atoms with Gasteiger partial charge in [0.2, 0.25) is 0 Å². The van der Waals surface area contributed by atoms with Crippen molar-refractivity contribution < 1.29 is 23.8 Å². The molecule has 10 atom stereocenters. The maximum Gasteiger partial charge on any atom is 0.186 e. The summed E-state index contributed by atoms with van der Waals surface area (Å²) in [7, 11) is 1.80. The zero-order chi connectivity index (χ0) is 31.5. The van der Waals surface area contributed by atoms with E-state index in [9.17, 15) is 9.59 Å². The molecule has 0 aromatic heterocycles. The first kappa shape index (κ1) is 34.5. The minimum absolute atomic E-state index is 0.0611. The van der Waals surface area contributed by atoms with Crippen LogP contribution in [0.25, 0.3) is 0 Å². The van der Waals surface area contributed by atoms with Crippen LogP contribution in [0, 0.1) is 34.5 Å². The Kier molecular flexibility index (Phi) is 11.7. The second-order valence-electron chi connectivity index (χ2n) is 14.7. The molecule has 0 spiro atoms. The van der Waals surface area contributed by atoms with E-state index in [1.807, 2.05) is 6.08 Å². The number of fused-ring (bicyclic) bond motifs is 5. The average molecular weight is 645 g/mol. The van der Waals surface area contributed by atoms with Gasteiger partial charge in [0, 0.05) is 33.3 Å². The third-order valence-corrected chi connectivity index (χ3v) is 14.1. The fraction of sp³-hybridized carbons (Fsp3) is 0.784. The highest BCUT2D eigenvalue weighted by atomic mass is 32.2. The average Bonchev–Trinajstić information content (AvgIpc) is 3.34. The highest BCUT2D eigenvalue weighted by molar-refractivity contribution is 8.14. The molecule has 5 nitrogen and oxygen atoms in total. The molecule has 0 radical (unpaired) electrons. The number of hydrogen-bond donors (Lipinski definition) is 0. The fourth-order valence-electron chi connectivity index (χ4n) is 9.88. The smallest absolute Gasteiger partial charge is 0.186 e. The molecule has 0 saturated heterocycles. The van der Waals surface area contributed by atoms with Crippen molar-refractivity contribution in [1.82, 2.24) is 0 Å². The molecule has 0 aromatic carbocycles. The summed E-state index contributed by atoms with van der Waals surface area (Å²) in [6, 6.07) is 0. The summed E-state index contributed by atoms with van der Waals surface area (Å²) in [5.41, 5.74) is 3.99. The number of allylic oxidation sites excluding steroid dienone is 3. The van der Waals surface area contributed by atoms with Crippen molar-refractivity contribution in [2.24, 2.45) is 34.5 Å². The summed E-state index contributed by atoms with van der Waals surface area (Å²) in [4.78, 5) is 23.4. The number of hydrogen-bond acceptors (Lipinski definition) is 7. The topological polar surface area (TPSA) is 61.8 Å². The van der Waals surface area contributed by atoms with Gasteiger partial charge in [-0.05, 0) is 118 Å². The Hall–Kier alpha value is -0.860. The number of unbranched alkanes of at least 4 members (excludes halogenated alkanes) is 2. The van der Waals surface area contributed by atoms with E-state index >= 15 is 0 Å². The van der Waals surface area contributed by atoms with E-state index in [0.717, 1.165) is 49.5 Å². The first-order valence-corrected chi connectivity index (χ1v) is 19.1. The molecule has 0 aromatic rings. The Morgan fingerprint density at radius 3 is 2.59 bits per heavy atom. The van der Waals surface area contributed by atoms with Crippen LogP contribution in [-0.4, -0.2) is 53.4 Å². The van der Waals surface area contributed by atoms with Crippen molar-refractivity contribution in [3.8, 4) is 0 Å². The minimum atomic E-state index is -0.426. The molecule has 0 bridgehead atoms. The van der Waals surface area contributed by atoms with Gasteiger partial charge >= 0.3 is 0 Å². The highest BCUT2D eigenvalue weighted by Gasteiger charge is 2.58. The van der Waals surface area contributed by atoms with Crippen molar-refractivity contribution in [3.63, 3.8) is 0 Å². The molecular formula is C37H56O5S2. The molecular weight excluding hydrogens is 589 g/mol. The minimum Gasteiger partial charge on any atom is -0.385 e. The highest BCUT2D eigenvalue weighted by Crippen LogP contribution is 2.67. The number of carbonyl (C=O) groups is 2. The van der Waals surface area contributed by atoms with E-state index in [2.05, 4.69) is 39.0 Å². The molecule has 3 saturated carbocycles. The summed E-state index contributed by atoms with van der Waals surface area (Å²) in [6.07, 6.45) is 22.2. The van der Waals surface area contributed by atoms with Gasteiger partial charge in [-0.3, -0.25) is 9.59 Å². The van der Waals surface area contributed by atoms with Gasteiger partial charge in [-0.2, -0.15) is 0 Å². The van der Waals surface area contributed by atoms with E-state index in [1.165, 1.54) is 74.9 Å². The van der Waals surface area contributed by atoms with E-state index in [4.69, 9.17) is 14.2 Å². The van der Waals surface area contributed by atoms with Gasteiger partial charge < -0.3 is 14.2 Å². The predicted molar refractivity (Wildman–Crippen MR) is 183 cm³/mol. The van der Waals surface area contributed by atoms with Crippen LogP contribution in [0.2, 0.25) is 0 Å². The Morgan fingerprint density at radius 1 is 1.02 bits per heavy atom. The fourth-order valence-corrected chi connectivity index (χ4v) is 11.6. The number of rotatable bonds is 11. The molecule has 5 rings (SSSR count). The van der Waals surface area contributed by atoms with Gasteiger partial charge in [-0.1, -0.05) is 66.7 Å². The number of ether oxygens (including phenoxy) is 3. The van der Waals surface area contributed by atoms with Crippen LogP contribution in [0.4, 0.5) is 0 Å². The van der Waals surface area contributed by atoms with Crippen LogP contribution in [0.15, 0.2) is 35.5 Å². The molecule has 3 fully saturated rings. The molecule has 1 heterocycles. The molecule has 1 aliphatic heterocycles. The van der Waals surface area contributed by atoms with Gasteiger partial charge in [0.05, 0.1) is 17.5 Å². The maximum absolute atomic E-state index is 11.8. The maximum atomic E-state index is 11.8. The van der Waals surface area contributed by atoms with E-state index in [-0.39, 0.29) is 33.1 Å². The lowest BCUT2D eigenvalue weighted by Crippen LogP contribution is -2.50. The molecule has 246 valence electrons. The summed E-state index contributed by atoms with van der Waals surface area (Å²) in [5.74, 6) is 3.69. The first-order valence-electron chi connectivity index (χ1n) is 17.2. The van der Waals surface area contributed by atoms with Crippen LogP contribution in [-0.2, 0) is 23.8 Å². The Morgan fingerprint density at radius 2 is 1.84 bits per heavy atom. The number of thioether (sulfide) groups is 2. The van der Waals surface area contributed by atoms with Gasteiger partial charge in [0.15, 0.2) is 16.5 Å². The van der Waals surface area contributed by atoms with E-state index < -0.39 is 6.29 Å². The van der Waals surface area contributed by atoms with Crippen LogP contribution < -0.4 is 0 Å². The molecule has 44 heavy (non-hydrogen) atoms. The lowest BCUT2D eigenvalue weighted by Gasteiger charge is -2.58. The summed E-state index contributed by atoms with van der Waals surface area (Å²) >= 11 is 2.53. The molecule has 7 heteroatoms. The molecule has 4 aliphatic carbocycles. The zero-order valence-electron chi connectivity index (χ0n) is 28.0. The molecule has 0 amide bonds. The van der Waals surface area contributed by atoms with Crippen molar-refractivity contribution in [1.29, 1.82) is 0 Å². The van der Waals surface area contributed by atoms with Crippen molar-refractivity contribution in [3.05, 3.63) is 35.5 Å². The van der Waals surface area contributed by atoms with Gasteiger partial charge in [-0.25, -0.2) is 0 Å². The molecule has 5 aliphatic rings. The lowest BCUT2D eigenvalue weighted by atomic mass is 9.47. The van der Waals surface area contributed by atoms with Gasteiger partial charge in [0.25, 0.3) is 0 Å². The summed E-state index contributed by atoms with van der Waals surface area (Å²) in [6.45, 7) is 11.7. The van der Waals surface area contributed by atoms with Crippen molar-refractivity contribution in [2.45, 2.75) is 129 Å². The SMILES string of the molecule is COCCCC/C=C(\C)[C@H]1CC[C@H]2[C@@H]3CC=C4C[C@@H](OC5C=C[C@@H](SC(C)=O)[C@@H](CSC(C)=O)O5)CC[C@]4(C)[C@H]3CC[C@]12C. The van der Waals surface area contributed by atoms with Crippen molar-refractivity contribution in [2.75, 3.05) is 19.5 Å². The van der Waals surface area contributed by atoms with Crippen LogP contribution in [0.3, 0.4) is 0 Å². The lowest BCUT2D eigenvalue weighted by molar-refractivity contribution is -0.174. The van der Waals surface area contributed by atoms with Gasteiger partial charge in [-0.15, -0.1) is 0 Å². The first-order chi connectivity index (χ1) is 21.0. The van der Waals surface area contributed by atoms with Gasteiger partial charge in [0.1, 0.15) is 0 Å². The summed E-state index contributed by atoms with van der Waals surface area (Å²) < 4.78 is 18.2. The van der Waals surface area contributed by atoms with E-state index in [1.54, 1.807) is 32.1 Å². The zero-order valence-corrected chi connectivity index (χ0v) is 29.6. The summed E-state index contributed by atoms with van der Waals surface area (Å²) in [5, 5.41) is 0.0444.